The van der Waals surface area contributed by atoms with Gasteiger partial charge in [-0.15, -0.1) is 0 Å². The van der Waals surface area contributed by atoms with Crippen molar-refractivity contribution in [2.45, 2.75) is 25.9 Å². The first-order valence-corrected chi connectivity index (χ1v) is 10.1. The Kier molecular flexibility index (Phi) is 5.63. The number of fused-ring (bicyclic) bond motifs is 2. The lowest BCUT2D eigenvalue weighted by molar-refractivity contribution is -0.117. The average molecular weight is 393 g/mol. The van der Waals surface area contributed by atoms with Crippen molar-refractivity contribution in [2.24, 2.45) is 0 Å². The summed E-state index contributed by atoms with van der Waals surface area (Å²) in [7, 11) is 0. The molecule has 0 saturated heterocycles. The first kappa shape index (κ1) is 19.5. The molecular formula is C26H23N3O. The van der Waals surface area contributed by atoms with Crippen LogP contribution in [0.1, 0.15) is 30.5 Å². The summed E-state index contributed by atoms with van der Waals surface area (Å²) in [6, 6.07) is 24.5. The zero-order valence-corrected chi connectivity index (χ0v) is 16.9. The highest BCUT2D eigenvalue weighted by atomic mass is 16.1. The van der Waals surface area contributed by atoms with Crippen molar-refractivity contribution >= 4 is 33.7 Å². The number of carbonyl (C=O) groups is 1. The van der Waals surface area contributed by atoms with Crippen molar-refractivity contribution < 1.29 is 4.79 Å². The number of para-hydroxylation sites is 1. The van der Waals surface area contributed by atoms with E-state index < -0.39 is 0 Å². The summed E-state index contributed by atoms with van der Waals surface area (Å²) in [6.45, 7) is 2.64. The Morgan fingerprint density at radius 3 is 2.63 bits per heavy atom. The van der Waals surface area contributed by atoms with Crippen LogP contribution < -0.4 is 5.32 Å². The molecule has 4 heteroatoms. The van der Waals surface area contributed by atoms with Gasteiger partial charge in [0.1, 0.15) is 0 Å². The zero-order chi connectivity index (χ0) is 20.9. The second kappa shape index (κ2) is 8.67. The minimum Gasteiger partial charge on any atom is -0.346 e. The molecule has 1 aromatic heterocycles. The summed E-state index contributed by atoms with van der Waals surface area (Å²) in [5.41, 5.74) is 3.14. The summed E-state index contributed by atoms with van der Waals surface area (Å²) in [4.78, 5) is 12.6. The fraction of sp³-hybridized carbons (Fsp3) is 0.154. The molecule has 148 valence electrons. The molecule has 4 nitrogen and oxygen atoms in total. The van der Waals surface area contributed by atoms with Gasteiger partial charge in [-0.05, 0) is 35.4 Å². The second-order valence-electron chi connectivity index (χ2n) is 7.34. The molecule has 1 amide bonds. The lowest BCUT2D eigenvalue weighted by Crippen LogP contribution is -2.24. The Labute approximate surface area is 176 Å². The molecule has 3 aromatic carbocycles. The van der Waals surface area contributed by atoms with Gasteiger partial charge in [-0.3, -0.25) is 4.79 Å². The van der Waals surface area contributed by atoms with E-state index in [1.807, 2.05) is 61.7 Å². The highest BCUT2D eigenvalue weighted by Gasteiger charge is 2.11. The topological polar surface area (TPSA) is 57.8 Å². The average Bonchev–Trinajstić information content (AvgIpc) is 3.13. The summed E-state index contributed by atoms with van der Waals surface area (Å²) in [6.07, 6.45) is 5.87. The molecule has 0 spiro atoms. The van der Waals surface area contributed by atoms with Crippen molar-refractivity contribution in [3.8, 4) is 6.07 Å². The molecule has 1 atom stereocenters. The minimum absolute atomic E-state index is 0.106. The molecule has 0 saturated carbocycles. The molecule has 1 heterocycles. The highest BCUT2D eigenvalue weighted by Crippen LogP contribution is 2.25. The number of benzene rings is 3. The summed E-state index contributed by atoms with van der Waals surface area (Å²) < 4.78 is 2.06. The van der Waals surface area contributed by atoms with E-state index in [0.717, 1.165) is 32.8 Å². The summed E-state index contributed by atoms with van der Waals surface area (Å²) in [5, 5.41) is 15.4. The number of aromatic nitrogens is 1. The van der Waals surface area contributed by atoms with Gasteiger partial charge < -0.3 is 9.88 Å². The van der Waals surface area contributed by atoms with Crippen LogP contribution in [-0.4, -0.2) is 10.5 Å². The molecule has 1 N–H and O–H groups in total. The normalized spacial score (nSPS) is 12.3. The third kappa shape index (κ3) is 3.97. The van der Waals surface area contributed by atoms with Gasteiger partial charge in [0.15, 0.2) is 0 Å². The number of aryl methyl sites for hydroxylation is 1. The molecule has 4 rings (SSSR count). The largest absolute Gasteiger partial charge is 0.346 e. The predicted molar refractivity (Wildman–Crippen MR) is 122 cm³/mol. The van der Waals surface area contributed by atoms with E-state index in [1.54, 1.807) is 6.08 Å². The molecule has 1 unspecified atom stereocenters. The predicted octanol–water partition coefficient (Wildman–Crippen LogP) is 5.60. The van der Waals surface area contributed by atoms with E-state index in [2.05, 4.69) is 40.2 Å². The maximum absolute atomic E-state index is 12.6. The fourth-order valence-corrected chi connectivity index (χ4v) is 3.90. The number of nitrogens with zero attached hydrogens (tertiary/aromatic N) is 2. The first-order valence-electron chi connectivity index (χ1n) is 10.1. The van der Waals surface area contributed by atoms with Crippen LogP contribution in [0.2, 0.25) is 0 Å². The maximum atomic E-state index is 12.6. The number of amides is 1. The smallest absolute Gasteiger partial charge is 0.244 e. The van der Waals surface area contributed by atoms with Gasteiger partial charge in [0, 0.05) is 35.3 Å². The zero-order valence-electron chi connectivity index (χ0n) is 16.9. The van der Waals surface area contributed by atoms with Crippen molar-refractivity contribution in [1.82, 2.24) is 9.88 Å². The number of nitrogens with one attached hydrogen (secondary N) is 1. The first-order chi connectivity index (χ1) is 14.7. The Hall–Kier alpha value is -3.84. The molecule has 0 radical (unpaired) electrons. The van der Waals surface area contributed by atoms with Gasteiger partial charge in [0.25, 0.3) is 0 Å². The molecule has 0 fully saturated rings. The SMILES string of the molecule is CC(NC(=O)/C=C/c1cn(CCC#N)c2ccccc12)c1cccc2ccccc12. The molecular weight excluding hydrogens is 370 g/mol. The van der Waals surface area contributed by atoms with Crippen molar-refractivity contribution in [3.63, 3.8) is 0 Å². The van der Waals surface area contributed by atoms with E-state index in [-0.39, 0.29) is 11.9 Å². The van der Waals surface area contributed by atoms with Crippen molar-refractivity contribution in [1.29, 1.82) is 5.26 Å². The molecule has 4 aromatic rings. The Bertz CT molecular complexity index is 1270. The van der Waals surface area contributed by atoms with Gasteiger partial charge in [-0.1, -0.05) is 60.7 Å². The van der Waals surface area contributed by atoms with Crippen LogP contribution >= 0.6 is 0 Å². The lowest BCUT2D eigenvalue weighted by Gasteiger charge is -2.15. The summed E-state index contributed by atoms with van der Waals surface area (Å²) in [5.74, 6) is -0.135. The van der Waals surface area contributed by atoms with Crippen LogP contribution in [0.4, 0.5) is 0 Å². The molecule has 0 aliphatic rings. The van der Waals surface area contributed by atoms with Crippen molar-refractivity contribution in [3.05, 3.63) is 90.1 Å². The lowest BCUT2D eigenvalue weighted by atomic mass is 10.00. The van der Waals surface area contributed by atoms with E-state index >= 15 is 0 Å². The van der Waals surface area contributed by atoms with Crippen LogP contribution in [0, 0.1) is 11.3 Å². The van der Waals surface area contributed by atoms with Gasteiger partial charge in [0.05, 0.1) is 18.5 Å². The highest BCUT2D eigenvalue weighted by molar-refractivity contribution is 5.97. The van der Waals surface area contributed by atoms with Crippen LogP contribution in [0.3, 0.4) is 0 Å². The Morgan fingerprint density at radius 1 is 1.07 bits per heavy atom. The standard InChI is InChI=1S/C26H23N3O/c1-19(22-12-6-9-20-8-2-3-10-23(20)22)28-26(30)15-14-21-18-29(17-7-16-27)25-13-5-4-11-24(21)25/h2-6,8-15,18-19H,7,17H2,1H3,(H,28,30)/b15-14+. The minimum atomic E-state index is -0.135. The van der Waals surface area contributed by atoms with Crippen LogP contribution in [0.25, 0.3) is 27.8 Å². The van der Waals surface area contributed by atoms with Gasteiger partial charge >= 0.3 is 0 Å². The van der Waals surface area contributed by atoms with Crippen LogP contribution in [-0.2, 0) is 11.3 Å². The molecule has 0 aliphatic carbocycles. The quantitative estimate of drug-likeness (QED) is 0.434. The van der Waals surface area contributed by atoms with Gasteiger partial charge in [-0.2, -0.15) is 5.26 Å². The second-order valence-corrected chi connectivity index (χ2v) is 7.34. The Balaban J connectivity index is 1.53. The number of nitriles is 1. The molecule has 0 bridgehead atoms. The van der Waals surface area contributed by atoms with Gasteiger partial charge in [-0.25, -0.2) is 0 Å². The van der Waals surface area contributed by atoms with Gasteiger partial charge in [0.2, 0.25) is 5.91 Å². The third-order valence-electron chi connectivity index (χ3n) is 5.35. The Morgan fingerprint density at radius 2 is 1.80 bits per heavy atom. The number of hydrogen-bond acceptors (Lipinski definition) is 2. The molecule has 30 heavy (non-hydrogen) atoms. The van der Waals surface area contributed by atoms with Crippen LogP contribution in [0.5, 0.6) is 0 Å². The number of hydrogen-bond donors (Lipinski definition) is 1. The van der Waals surface area contributed by atoms with Crippen LogP contribution in [0.15, 0.2) is 79.0 Å². The monoisotopic (exact) mass is 393 g/mol. The maximum Gasteiger partial charge on any atom is 0.244 e. The fourth-order valence-electron chi connectivity index (χ4n) is 3.90. The van der Waals surface area contributed by atoms with E-state index in [9.17, 15) is 4.79 Å². The van der Waals surface area contributed by atoms with Crippen molar-refractivity contribution in [2.75, 3.05) is 0 Å². The molecule has 0 aliphatic heterocycles. The number of rotatable bonds is 6. The third-order valence-corrected chi connectivity index (χ3v) is 5.35. The van der Waals surface area contributed by atoms with E-state index in [1.165, 1.54) is 0 Å². The summed E-state index contributed by atoms with van der Waals surface area (Å²) >= 11 is 0. The van der Waals surface area contributed by atoms with E-state index in [4.69, 9.17) is 5.26 Å². The number of carbonyl (C=O) groups excluding carboxylic acids is 1. The van der Waals surface area contributed by atoms with E-state index in [0.29, 0.717) is 13.0 Å².